The number of aromatic amines is 1. The molecule has 0 aliphatic heterocycles. The first-order chi connectivity index (χ1) is 3.29. The third-order valence-electron chi connectivity index (χ3n) is 0.524. The van der Waals surface area contributed by atoms with Gasteiger partial charge in [0.1, 0.15) is 6.33 Å². The van der Waals surface area contributed by atoms with Gasteiger partial charge in [0.25, 0.3) is 0 Å². The Bertz CT molecular complexity index is 197. The Morgan fingerprint density at radius 3 is 2.86 bits per heavy atom. The van der Waals surface area contributed by atoms with Gasteiger partial charge in [-0.2, -0.15) is 4.79 Å². The van der Waals surface area contributed by atoms with Gasteiger partial charge in [-0.05, 0) is 12.2 Å². The lowest BCUT2D eigenvalue weighted by molar-refractivity contribution is 0.826. The van der Waals surface area contributed by atoms with Gasteiger partial charge in [-0.25, -0.2) is 4.98 Å². The largest absolute Gasteiger partial charge is 0.323 e. The molecule has 1 aromatic rings. The predicted molar refractivity (Wildman–Crippen MR) is 27.6 cm³/mol. The molecule has 7 heavy (non-hydrogen) atoms. The lowest BCUT2D eigenvalue weighted by Gasteiger charge is -1.80. The molecular weight excluding hydrogens is 112 g/mol. The molecule has 0 atom stereocenters. The number of nitrogen functional groups attached to an aromatic ring is 1. The number of nitrogens with one attached hydrogen (secondary N) is 1. The van der Waals surface area contributed by atoms with Crippen LogP contribution in [0.15, 0.2) is 6.33 Å². The fraction of sp³-hybridized carbons (Fsp3) is 0. The summed E-state index contributed by atoms with van der Waals surface area (Å²) in [7, 11) is 0. The van der Waals surface area contributed by atoms with Crippen LogP contribution in [0.3, 0.4) is 0 Å². The molecule has 0 unspecified atom stereocenters. The highest BCUT2D eigenvalue weighted by Gasteiger charge is 1.76. The zero-order valence-corrected chi connectivity index (χ0v) is 4.27. The van der Waals surface area contributed by atoms with Gasteiger partial charge < -0.3 is 5.84 Å². The Kier molecular flexibility index (Phi) is 0.828. The lowest BCUT2D eigenvalue weighted by Crippen LogP contribution is -2.07. The van der Waals surface area contributed by atoms with Crippen molar-refractivity contribution in [2.75, 3.05) is 5.84 Å². The minimum absolute atomic E-state index is 0.405. The second-order valence-electron chi connectivity index (χ2n) is 1.07. The highest BCUT2D eigenvalue weighted by atomic mass is 32.1. The van der Waals surface area contributed by atoms with Gasteiger partial charge in [-0.3, -0.25) is 5.10 Å². The summed E-state index contributed by atoms with van der Waals surface area (Å²) in [5.41, 5.74) is 0. The normalized spacial score (nSPS) is 9.14. The van der Waals surface area contributed by atoms with Crippen molar-refractivity contribution in [3.8, 4) is 0 Å². The first-order valence-corrected chi connectivity index (χ1v) is 2.08. The van der Waals surface area contributed by atoms with Crippen LogP contribution in [0.4, 0.5) is 0 Å². The molecule has 38 valence electrons. The zero-order chi connectivity index (χ0) is 5.28. The number of H-pyrrole nitrogens is 1. The first kappa shape index (κ1) is 4.32. The summed E-state index contributed by atoms with van der Waals surface area (Å²) in [5, 5.41) is 2.54. The lowest BCUT2D eigenvalue weighted by atomic mass is 11.3. The molecule has 0 aliphatic carbocycles. The molecule has 0 aliphatic rings. The molecule has 3 N–H and O–H groups in total. The highest BCUT2D eigenvalue weighted by Crippen LogP contribution is 1.70. The third-order valence-corrected chi connectivity index (χ3v) is 0.721. The fourth-order valence-electron chi connectivity index (χ4n) is 0.283. The Hall–Kier alpha value is -0.840. The molecule has 0 amide bonds. The second-order valence-corrected chi connectivity index (χ2v) is 1.46. The summed E-state index contributed by atoms with van der Waals surface area (Å²) in [6.07, 6.45) is 1.41. The number of aromatic nitrogens is 3. The minimum Gasteiger partial charge on any atom is -0.323 e. The van der Waals surface area contributed by atoms with Gasteiger partial charge in [-0.15, -0.1) is 0 Å². The maximum atomic E-state index is 5.11. The summed E-state index contributed by atoms with van der Waals surface area (Å²) in [4.78, 5) is 4.81. The molecule has 0 radical (unpaired) electrons. The van der Waals surface area contributed by atoms with E-state index in [0.717, 1.165) is 0 Å². The van der Waals surface area contributed by atoms with Crippen LogP contribution in [-0.2, 0) is 0 Å². The molecule has 0 spiro atoms. The monoisotopic (exact) mass is 116 g/mol. The van der Waals surface area contributed by atoms with E-state index in [1.165, 1.54) is 11.1 Å². The smallest absolute Gasteiger partial charge is 0.214 e. The minimum atomic E-state index is 0.405. The highest BCUT2D eigenvalue weighted by molar-refractivity contribution is 7.71. The molecule has 0 bridgehead atoms. The van der Waals surface area contributed by atoms with E-state index in [4.69, 9.17) is 5.84 Å². The van der Waals surface area contributed by atoms with E-state index < -0.39 is 0 Å². The molecule has 1 rings (SSSR count). The van der Waals surface area contributed by atoms with Crippen molar-refractivity contribution < 1.29 is 0 Å². The van der Waals surface area contributed by atoms with E-state index in [-0.39, 0.29) is 0 Å². The molecule has 0 fully saturated rings. The van der Waals surface area contributed by atoms with Crippen LogP contribution in [0.25, 0.3) is 0 Å². The summed E-state index contributed by atoms with van der Waals surface area (Å²) in [6.45, 7) is 0. The number of nitrogens with two attached hydrogens (primary N) is 1. The Balaban J connectivity index is 3.30. The van der Waals surface area contributed by atoms with Crippen molar-refractivity contribution in [1.82, 2.24) is 14.9 Å². The van der Waals surface area contributed by atoms with Gasteiger partial charge in [0.2, 0.25) is 4.77 Å². The summed E-state index contributed by atoms with van der Waals surface area (Å²) >= 11 is 4.57. The SMILES string of the molecule is Nn1cnc(=S)[nH]1. The molecular formula is C2H4N4S. The van der Waals surface area contributed by atoms with Crippen LogP contribution < -0.4 is 5.84 Å². The van der Waals surface area contributed by atoms with Crippen LogP contribution in [0.5, 0.6) is 0 Å². The molecule has 1 aromatic heterocycles. The number of rotatable bonds is 0. The van der Waals surface area contributed by atoms with E-state index in [2.05, 4.69) is 22.3 Å². The van der Waals surface area contributed by atoms with Crippen LogP contribution in [-0.4, -0.2) is 14.9 Å². The van der Waals surface area contributed by atoms with Gasteiger partial charge >= 0.3 is 0 Å². The average molecular weight is 116 g/mol. The fourth-order valence-corrected chi connectivity index (χ4v) is 0.435. The third kappa shape index (κ3) is 0.774. The van der Waals surface area contributed by atoms with Crippen LogP contribution in [0, 0.1) is 4.77 Å². The number of hydrogen-bond donors (Lipinski definition) is 2. The Morgan fingerprint density at radius 2 is 2.71 bits per heavy atom. The Morgan fingerprint density at radius 1 is 2.00 bits per heavy atom. The molecule has 1 heterocycles. The average Bonchev–Trinajstić information content (AvgIpc) is 1.87. The van der Waals surface area contributed by atoms with Crippen molar-refractivity contribution in [3.63, 3.8) is 0 Å². The summed E-state index contributed by atoms with van der Waals surface area (Å²) in [5.74, 6) is 5.11. The van der Waals surface area contributed by atoms with Crippen molar-refractivity contribution in [3.05, 3.63) is 11.1 Å². The van der Waals surface area contributed by atoms with Crippen molar-refractivity contribution in [1.29, 1.82) is 0 Å². The first-order valence-electron chi connectivity index (χ1n) is 1.68. The quantitative estimate of drug-likeness (QED) is 0.360. The number of nitrogens with zero attached hydrogens (tertiary/aromatic N) is 2. The second kappa shape index (κ2) is 1.34. The number of hydrogen-bond acceptors (Lipinski definition) is 3. The van der Waals surface area contributed by atoms with Gasteiger partial charge in [0.05, 0.1) is 0 Å². The van der Waals surface area contributed by atoms with E-state index in [9.17, 15) is 0 Å². The molecule has 0 saturated carbocycles. The van der Waals surface area contributed by atoms with E-state index in [1.807, 2.05) is 0 Å². The van der Waals surface area contributed by atoms with Crippen molar-refractivity contribution >= 4 is 12.2 Å². The Labute approximate surface area is 44.9 Å². The van der Waals surface area contributed by atoms with E-state index in [0.29, 0.717) is 4.77 Å². The van der Waals surface area contributed by atoms with Crippen LogP contribution in [0.1, 0.15) is 0 Å². The maximum absolute atomic E-state index is 5.11. The summed E-state index contributed by atoms with van der Waals surface area (Å²) < 4.78 is 0.405. The predicted octanol–water partition coefficient (Wildman–Crippen LogP) is -0.346. The van der Waals surface area contributed by atoms with E-state index >= 15 is 0 Å². The molecule has 4 nitrogen and oxygen atoms in total. The summed E-state index contributed by atoms with van der Waals surface area (Å²) in [6, 6.07) is 0. The standard InChI is InChI=1S/C2H4N4S/c3-6-1-4-2(7)5-6/h1H,3H2,(H,5,7). The van der Waals surface area contributed by atoms with E-state index in [1.54, 1.807) is 0 Å². The van der Waals surface area contributed by atoms with Gasteiger partial charge in [0.15, 0.2) is 0 Å². The van der Waals surface area contributed by atoms with Crippen molar-refractivity contribution in [2.24, 2.45) is 0 Å². The molecule has 5 heteroatoms. The van der Waals surface area contributed by atoms with Gasteiger partial charge in [-0.1, -0.05) is 0 Å². The van der Waals surface area contributed by atoms with Gasteiger partial charge in [0, 0.05) is 0 Å². The van der Waals surface area contributed by atoms with Crippen LogP contribution in [0.2, 0.25) is 0 Å². The van der Waals surface area contributed by atoms with Crippen LogP contribution >= 0.6 is 12.2 Å². The zero-order valence-electron chi connectivity index (χ0n) is 3.46. The molecule has 0 aromatic carbocycles. The topological polar surface area (TPSA) is 59.6 Å². The van der Waals surface area contributed by atoms with Crippen molar-refractivity contribution in [2.45, 2.75) is 0 Å². The maximum Gasteiger partial charge on any atom is 0.214 e. The molecule has 0 saturated heterocycles.